The minimum absolute atomic E-state index is 0. The number of guanidine groups is 1. The van der Waals surface area contributed by atoms with Gasteiger partial charge in [-0.15, -0.1) is 24.0 Å². The van der Waals surface area contributed by atoms with Gasteiger partial charge in [-0.2, -0.15) is 0 Å². The lowest BCUT2D eigenvalue weighted by Gasteiger charge is -2.33. The van der Waals surface area contributed by atoms with Crippen LogP contribution in [-0.4, -0.2) is 55.8 Å². The first-order chi connectivity index (χ1) is 10.9. The van der Waals surface area contributed by atoms with E-state index in [1.807, 2.05) is 25.7 Å². The molecule has 0 aromatic heterocycles. The van der Waals surface area contributed by atoms with Crippen molar-refractivity contribution in [1.82, 2.24) is 15.5 Å². The van der Waals surface area contributed by atoms with Crippen LogP contribution < -0.4 is 10.6 Å². The molecule has 0 aromatic carbocycles. The maximum Gasteiger partial charge on any atom is 0.410 e. The molecule has 1 aliphatic heterocycles. The normalized spacial score (nSPS) is 16.4. The Morgan fingerprint density at radius 3 is 2.38 bits per heavy atom. The fourth-order valence-corrected chi connectivity index (χ4v) is 2.49. The maximum atomic E-state index is 12.0. The highest BCUT2D eigenvalue weighted by Crippen LogP contribution is 2.19. The Hall–Kier alpha value is -0.730. The van der Waals surface area contributed by atoms with E-state index in [2.05, 4.69) is 22.5 Å². The number of hydrogen-bond donors (Lipinski definition) is 2. The molecule has 1 saturated heterocycles. The molecule has 24 heavy (non-hydrogen) atoms. The van der Waals surface area contributed by atoms with Gasteiger partial charge in [0.15, 0.2) is 5.96 Å². The van der Waals surface area contributed by atoms with Gasteiger partial charge in [-0.3, -0.25) is 4.99 Å². The van der Waals surface area contributed by atoms with Gasteiger partial charge in [-0.1, -0.05) is 13.3 Å². The molecule has 0 bridgehead atoms. The molecule has 0 aliphatic carbocycles. The Labute approximate surface area is 164 Å². The zero-order valence-electron chi connectivity index (χ0n) is 15.9. The first-order valence-corrected chi connectivity index (χ1v) is 8.78. The number of amides is 1. The van der Waals surface area contributed by atoms with Crippen LogP contribution in [0.2, 0.25) is 0 Å². The van der Waals surface area contributed by atoms with Crippen LogP contribution in [0.4, 0.5) is 4.79 Å². The van der Waals surface area contributed by atoms with Gasteiger partial charge in [0, 0.05) is 33.2 Å². The van der Waals surface area contributed by atoms with E-state index in [4.69, 9.17) is 4.74 Å². The van der Waals surface area contributed by atoms with Crippen molar-refractivity contribution < 1.29 is 9.53 Å². The van der Waals surface area contributed by atoms with Gasteiger partial charge in [0.05, 0.1) is 0 Å². The molecule has 1 rings (SSSR count). The number of nitrogens with one attached hydrogen (secondary N) is 2. The first-order valence-electron chi connectivity index (χ1n) is 8.78. The number of hydrogen-bond acceptors (Lipinski definition) is 3. The van der Waals surface area contributed by atoms with Gasteiger partial charge in [0.2, 0.25) is 0 Å². The summed E-state index contributed by atoms with van der Waals surface area (Å²) in [5.41, 5.74) is -0.424. The highest BCUT2D eigenvalue weighted by molar-refractivity contribution is 14.0. The number of aliphatic imine (C=N–C) groups is 1. The average Bonchev–Trinajstić information content (AvgIpc) is 2.49. The molecule has 0 radical (unpaired) electrons. The number of piperidine rings is 1. The van der Waals surface area contributed by atoms with Crippen molar-refractivity contribution in [3.63, 3.8) is 0 Å². The van der Waals surface area contributed by atoms with Crippen LogP contribution in [0.15, 0.2) is 4.99 Å². The van der Waals surface area contributed by atoms with E-state index in [9.17, 15) is 4.79 Å². The standard InChI is InChI=1S/C17H34N4O2.HI/c1-6-7-10-19-15(18-5)20-13-14-8-11-21(12-9-14)16(22)23-17(2,3)4;/h14H,6-13H2,1-5H3,(H2,18,19,20);1H. The van der Waals surface area contributed by atoms with Gasteiger partial charge >= 0.3 is 6.09 Å². The molecule has 7 heteroatoms. The predicted octanol–water partition coefficient (Wildman–Crippen LogP) is 3.22. The van der Waals surface area contributed by atoms with E-state index >= 15 is 0 Å². The molecule has 0 atom stereocenters. The smallest absolute Gasteiger partial charge is 0.410 e. The van der Waals surface area contributed by atoms with Gasteiger partial charge in [-0.25, -0.2) is 4.79 Å². The lowest BCUT2D eigenvalue weighted by Crippen LogP contribution is -2.45. The van der Waals surface area contributed by atoms with E-state index in [0.29, 0.717) is 5.92 Å². The van der Waals surface area contributed by atoms with E-state index in [1.165, 1.54) is 6.42 Å². The van der Waals surface area contributed by atoms with Crippen LogP contribution in [0, 0.1) is 5.92 Å². The van der Waals surface area contributed by atoms with Crippen LogP contribution in [0.1, 0.15) is 53.4 Å². The number of halogens is 1. The lowest BCUT2D eigenvalue weighted by atomic mass is 9.97. The van der Waals surface area contributed by atoms with E-state index < -0.39 is 5.60 Å². The van der Waals surface area contributed by atoms with E-state index in [1.54, 1.807) is 7.05 Å². The zero-order chi connectivity index (χ0) is 17.3. The van der Waals surface area contributed by atoms with E-state index in [-0.39, 0.29) is 30.1 Å². The third-order valence-electron chi connectivity index (χ3n) is 3.87. The molecule has 1 aliphatic rings. The van der Waals surface area contributed by atoms with Crippen molar-refractivity contribution in [3.05, 3.63) is 0 Å². The third kappa shape index (κ3) is 9.54. The molecule has 2 N–H and O–H groups in total. The van der Waals surface area contributed by atoms with Crippen molar-refractivity contribution in [1.29, 1.82) is 0 Å². The van der Waals surface area contributed by atoms with Crippen LogP contribution in [-0.2, 0) is 4.74 Å². The Morgan fingerprint density at radius 1 is 1.25 bits per heavy atom. The number of nitrogens with zero attached hydrogens (tertiary/aromatic N) is 2. The molecule has 1 heterocycles. The molecule has 1 fully saturated rings. The molecule has 142 valence electrons. The summed E-state index contributed by atoms with van der Waals surface area (Å²) >= 11 is 0. The van der Waals surface area contributed by atoms with E-state index in [0.717, 1.165) is 51.4 Å². The second-order valence-electron chi connectivity index (χ2n) is 7.14. The Kier molecular flexibility index (Phi) is 11.4. The molecule has 0 unspecified atom stereocenters. The number of unbranched alkanes of at least 4 members (excludes halogenated alkanes) is 1. The van der Waals surface area contributed by atoms with Gasteiger partial charge < -0.3 is 20.3 Å². The lowest BCUT2D eigenvalue weighted by molar-refractivity contribution is 0.0185. The fraction of sp³-hybridized carbons (Fsp3) is 0.882. The average molecular weight is 454 g/mol. The largest absolute Gasteiger partial charge is 0.444 e. The van der Waals surface area contributed by atoms with Gasteiger partial charge in [-0.05, 0) is 46.0 Å². The molecule has 0 saturated carbocycles. The summed E-state index contributed by atoms with van der Waals surface area (Å²) in [7, 11) is 1.80. The second-order valence-corrected chi connectivity index (χ2v) is 7.14. The highest BCUT2D eigenvalue weighted by Gasteiger charge is 2.26. The Balaban J connectivity index is 0.00000529. The summed E-state index contributed by atoms with van der Waals surface area (Å²) in [5.74, 6) is 1.44. The molecule has 0 aromatic rings. The summed E-state index contributed by atoms with van der Waals surface area (Å²) < 4.78 is 5.43. The Morgan fingerprint density at radius 2 is 1.88 bits per heavy atom. The number of ether oxygens (including phenoxy) is 1. The second kappa shape index (κ2) is 11.8. The SMILES string of the molecule is CCCCNC(=NC)NCC1CCN(C(=O)OC(C)(C)C)CC1.I. The Bertz CT molecular complexity index is 389. The zero-order valence-corrected chi connectivity index (χ0v) is 18.2. The summed E-state index contributed by atoms with van der Waals surface area (Å²) in [6.45, 7) is 11.3. The first kappa shape index (κ1) is 23.3. The quantitative estimate of drug-likeness (QED) is 0.290. The molecule has 6 nitrogen and oxygen atoms in total. The molecular weight excluding hydrogens is 419 g/mol. The van der Waals surface area contributed by atoms with Crippen molar-refractivity contribution >= 4 is 36.0 Å². The minimum atomic E-state index is -0.424. The van der Waals surface area contributed by atoms with Crippen LogP contribution >= 0.6 is 24.0 Å². The van der Waals surface area contributed by atoms with Crippen molar-refractivity contribution in [3.8, 4) is 0 Å². The minimum Gasteiger partial charge on any atom is -0.444 e. The number of likely N-dealkylation sites (tertiary alicyclic amines) is 1. The summed E-state index contributed by atoms with van der Waals surface area (Å²) in [5, 5.41) is 6.70. The predicted molar refractivity (Wildman–Crippen MR) is 110 cm³/mol. The molecule has 1 amide bonds. The topological polar surface area (TPSA) is 66.0 Å². The molecular formula is C17H35IN4O2. The number of carbonyl (C=O) groups is 1. The summed E-state index contributed by atoms with van der Waals surface area (Å²) in [4.78, 5) is 18.1. The summed E-state index contributed by atoms with van der Waals surface area (Å²) in [6.07, 6.45) is 4.12. The highest BCUT2D eigenvalue weighted by atomic mass is 127. The monoisotopic (exact) mass is 454 g/mol. The number of rotatable bonds is 5. The van der Waals surface area contributed by atoms with Gasteiger partial charge in [0.1, 0.15) is 5.60 Å². The van der Waals surface area contributed by atoms with Gasteiger partial charge in [0.25, 0.3) is 0 Å². The van der Waals surface area contributed by atoms with Crippen molar-refractivity contribution in [2.75, 3.05) is 33.2 Å². The van der Waals surface area contributed by atoms with Crippen molar-refractivity contribution in [2.24, 2.45) is 10.9 Å². The molecule has 0 spiro atoms. The summed E-state index contributed by atoms with van der Waals surface area (Å²) in [6, 6.07) is 0. The van der Waals surface area contributed by atoms with Crippen molar-refractivity contribution in [2.45, 2.75) is 59.0 Å². The maximum absolute atomic E-state index is 12.0. The number of carbonyl (C=O) groups excluding carboxylic acids is 1. The van der Waals surface area contributed by atoms with Crippen LogP contribution in [0.5, 0.6) is 0 Å². The fourth-order valence-electron chi connectivity index (χ4n) is 2.49. The third-order valence-corrected chi connectivity index (χ3v) is 3.87. The van der Waals surface area contributed by atoms with Crippen LogP contribution in [0.3, 0.4) is 0 Å². The van der Waals surface area contributed by atoms with Crippen LogP contribution in [0.25, 0.3) is 0 Å².